The van der Waals surface area contributed by atoms with Crippen LogP contribution in [0, 0.1) is 21.4 Å². The van der Waals surface area contributed by atoms with Crippen LogP contribution in [0.5, 0.6) is 0 Å². The van der Waals surface area contributed by atoms with Crippen LogP contribution in [-0.4, -0.2) is 4.92 Å². The van der Waals surface area contributed by atoms with Gasteiger partial charge in [0.2, 0.25) is 0 Å². The Kier molecular flexibility index (Phi) is 4.58. The fourth-order valence-electron chi connectivity index (χ4n) is 3.03. The molecular formula is C21H16N2O2. The van der Waals surface area contributed by atoms with Crippen LogP contribution in [0.15, 0.2) is 84.9 Å². The van der Waals surface area contributed by atoms with Crippen LogP contribution < -0.4 is 0 Å². The van der Waals surface area contributed by atoms with Gasteiger partial charge in [-0.1, -0.05) is 72.8 Å². The van der Waals surface area contributed by atoms with Crippen molar-refractivity contribution in [3.05, 3.63) is 112 Å². The number of nitrogens with zero attached hydrogens (tertiary/aromatic N) is 2. The molecule has 0 saturated heterocycles. The summed E-state index contributed by atoms with van der Waals surface area (Å²) in [5, 5.41) is 21.1. The van der Waals surface area contributed by atoms with E-state index in [2.05, 4.69) is 6.07 Å². The normalized spacial score (nSPS) is 12.8. The zero-order valence-electron chi connectivity index (χ0n) is 13.5. The van der Waals surface area contributed by atoms with E-state index in [9.17, 15) is 15.4 Å². The summed E-state index contributed by atoms with van der Waals surface area (Å²) in [6.07, 6.45) is 0.492. The maximum atomic E-state index is 10.9. The molecule has 0 aliphatic carbocycles. The van der Waals surface area contributed by atoms with E-state index in [1.807, 2.05) is 60.7 Å². The van der Waals surface area contributed by atoms with Gasteiger partial charge in [0, 0.05) is 12.1 Å². The molecule has 3 aromatic carbocycles. The van der Waals surface area contributed by atoms with E-state index < -0.39 is 10.3 Å². The fourth-order valence-corrected chi connectivity index (χ4v) is 3.03. The van der Waals surface area contributed by atoms with Crippen LogP contribution in [0.1, 0.15) is 16.7 Å². The topological polar surface area (TPSA) is 66.9 Å². The number of nitriles is 1. The SMILES string of the molecule is N#CC(Cc1ccccc1)(c1ccccc1)c1ccc([N+](=O)[O-])cc1. The average Bonchev–Trinajstić information content (AvgIpc) is 2.68. The Morgan fingerprint density at radius 3 is 1.88 bits per heavy atom. The zero-order chi connectivity index (χ0) is 17.7. The lowest BCUT2D eigenvalue weighted by Gasteiger charge is -2.28. The number of hydrogen-bond acceptors (Lipinski definition) is 3. The Balaban J connectivity index is 2.14. The standard InChI is InChI=1S/C21H16N2O2/c22-16-21(18-9-5-2-6-10-18,15-17-7-3-1-4-8-17)19-11-13-20(14-12-19)23(24)25/h1-14H,15H2. The van der Waals surface area contributed by atoms with Crippen LogP contribution in [0.2, 0.25) is 0 Å². The predicted octanol–water partition coefficient (Wildman–Crippen LogP) is 4.65. The van der Waals surface area contributed by atoms with Crippen molar-refractivity contribution >= 4 is 5.69 Å². The highest BCUT2D eigenvalue weighted by molar-refractivity contribution is 5.50. The molecule has 4 heteroatoms. The highest BCUT2D eigenvalue weighted by atomic mass is 16.6. The number of nitro benzene ring substituents is 1. The Bertz CT molecular complexity index is 900. The summed E-state index contributed by atoms with van der Waals surface area (Å²) >= 11 is 0. The van der Waals surface area contributed by atoms with Gasteiger partial charge in [-0.15, -0.1) is 0 Å². The van der Waals surface area contributed by atoms with Gasteiger partial charge >= 0.3 is 0 Å². The van der Waals surface area contributed by atoms with E-state index in [1.165, 1.54) is 12.1 Å². The predicted molar refractivity (Wildman–Crippen MR) is 96.1 cm³/mol. The Hall–Kier alpha value is -3.45. The zero-order valence-corrected chi connectivity index (χ0v) is 13.5. The molecule has 4 nitrogen and oxygen atoms in total. The van der Waals surface area contributed by atoms with Crippen molar-refractivity contribution in [3.63, 3.8) is 0 Å². The van der Waals surface area contributed by atoms with Gasteiger partial charge in [-0.2, -0.15) is 5.26 Å². The number of hydrogen-bond donors (Lipinski definition) is 0. The molecule has 0 saturated carbocycles. The molecule has 0 N–H and O–H groups in total. The van der Waals surface area contributed by atoms with Gasteiger partial charge in [-0.3, -0.25) is 10.1 Å². The molecule has 1 atom stereocenters. The highest BCUT2D eigenvalue weighted by Gasteiger charge is 2.35. The lowest BCUT2D eigenvalue weighted by Crippen LogP contribution is -2.28. The number of benzene rings is 3. The van der Waals surface area contributed by atoms with Crippen LogP contribution in [0.25, 0.3) is 0 Å². The largest absolute Gasteiger partial charge is 0.269 e. The first-order chi connectivity index (χ1) is 12.2. The third-order valence-electron chi connectivity index (χ3n) is 4.34. The second-order valence-electron chi connectivity index (χ2n) is 5.85. The van der Waals surface area contributed by atoms with Crippen LogP contribution in [-0.2, 0) is 11.8 Å². The van der Waals surface area contributed by atoms with E-state index in [0.717, 1.165) is 16.7 Å². The molecule has 0 radical (unpaired) electrons. The van der Waals surface area contributed by atoms with E-state index in [4.69, 9.17) is 0 Å². The molecular weight excluding hydrogens is 312 g/mol. The molecule has 3 rings (SSSR count). The second-order valence-corrected chi connectivity index (χ2v) is 5.85. The molecule has 0 amide bonds. The van der Waals surface area contributed by atoms with Gasteiger partial charge in [0.05, 0.1) is 11.0 Å². The van der Waals surface area contributed by atoms with Crippen molar-refractivity contribution in [2.24, 2.45) is 0 Å². The summed E-state index contributed by atoms with van der Waals surface area (Å²) in [5.74, 6) is 0. The lowest BCUT2D eigenvalue weighted by atomic mass is 9.71. The van der Waals surface area contributed by atoms with Gasteiger partial charge in [-0.25, -0.2) is 0 Å². The molecule has 0 fully saturated rings. The second kappa shape index (κ2) is 6.98. The summed E-state index contributed by atoms with van der Waals surface area (Å²) < 4.78 is 0. The van der Waals surface area contributed by atoms with Crippen LogP contribution >= 0.6 is 0 Å². The molecule has 0 aliphatic rings. The Morgan fingerprint density at radius 1 is 0.840 bits per heavy atom. The van der Waals surface area contributed by atoms with Gasteiger partial charge in [0.15, 0.2) is 0 Å². The summed E-state index contributed by atoms with van der Waals surface area (Å²) in [4.78, 5) is 10.5. The molecule has 3 aromatic rings. The minimum atomic E-state index is -0.905. The Labute approximate surface area is 146 Å². The van der Waals surface area contributed by atoms with Gasteiger partial charge < -0.3 is 0 Å². The van der Waals surface area contributed by atoms with Gasteiger partial charge in [0.1, 0.15) is 5.41 Å². The molecule has 122 valence electrons. The van der Waals surface area contributed by atoms with Crippen molar-refractivity contribution in [2.75, 3.05) is 0 Å². The average molecular weight is 328 g/mol. The highest BCUT2D eigenvalue weighted by Crippen LogP contribution is 2.36. The third-order valence-corrected chi connectivity index (χ3v) is 4.34. The number of rotatable bonds is 5. The van der Waals surface area contributed by atoms with Gasteiger partial charge in [-0.05, 0) is 23.1 Å². The molecule has 0 heterocycles. The molecule has 0 spiro atoms. The summed E-state index contributed by atoms with van der Waals surface area (Å²) in [5.41, 5.74) is 1.76. The summed E-state index contributed by atoms with van der Waals surface area (Å²) in [6, 6.07) is 28.1. The maximum Gasteiger partial charge on any atom is 0.269 e. The van der Waals surface area contributed by atoms with Crippen LogP contribution in [0.4, 0.5) is 5.69 Å². The molecule has 25 heavy (non-hydrogen) atoms. The van der Waals surface area contributed by atoms with Crippen molar-refractivity contribution in [2.45, 2.75) is 11.8 Å². The number of nitro groups is 1. The summed E-state index contributed by atoms with van der Waals surface area (Å²) in [6.45, 7) is 0. The quantitative estimate of drug-likeness (QED) is 0.506. The van der Waals surface area contributed by atoms with Crippen LogP contribution in [0.3, 0.4) is 0 Å². The van der Waals surface area contributed by atoms with E-state index in [0.29, 0.717) is 6.42 Å². The van der Waals surface area contributed by atoms with Gasteiger partial charge in [0.25, 0.3) is 5.69 Å². The lowest BCUT2D eigenvalue weighted by molar-refractivity contribution is -0.384. The summed E-state index contributed by atoms with van der Waals surface area (Å²) in [7, 11) is 0. The minimum Gasteiger partial charge on any atom is -0.258 e. The molecule has 0 aromatic heterocycles. The first kappa shape index (κ1) is 16.4. The molecule has 1 unspecified atom stereocenters. The fraction of sp³-hybridized carbons (Fsp3) is 0.0952. The van der Waals surface area contributed by atoms with E-state index >= 15 is 0 Å². The van der Waals surface area contributed by atoms with E-state index in [1.54, 1.807) is 12.1 Å². The van der Waals surface area contributed by atoms with Crippen molar-refractivity contribution in [3.8, 4) is 6.07 Å². The third kappa shape index (κ3) is 3.26. The van der Waals surface area contributed by atoms with Crippen molar-refractivity contribution in [1.29, 1.82) is 5.26 Å². The monoisotopic (exact) mass is 328 g/mol. The van der Waals surface area contributed by atoms with Crippen molar-refractivity contribution < 1.29 is 4.92 Å². The maximum absolute atomic E-state index is 10.9. The number of non-ortho nitro benzene ring substituents is 1. The smallest absolute Gasteiger partial charge is 0.258 e. The molecule has 0 aliphatic heterocycles. The first-order valence-corrected chi connectivity index (χ1v) is 7.91. The molecule has 0 bridgehead atoms. The first-order valence-electron chi connectivity index (χ1n) is 7.91. The van der Waals surface area contributed by atoms with E-state index in [-0.39, 0.29) is 5.69 Å². The minimum absolute atomic E-state index is 0.0170. The Morgan fingerprint density at radius 2 is 1.36 bits per heavy atom. The van der Waals surface area contributed by atoms with Crippen molar-refractivity contribution in [1.82, 2.24) is 0 Å².